The van der Waals surface area contributed by atoms with Gasteiger partial charge in [0.25, 0.3) is 0 Å². The third-order valence-corrected chi connectivity index (χ3v) is 11.6. The quantitative estimate of drug-likeness (QED) is 0.168. The van der Waals surface area contributed by atoms with Crippen LogP contribution in [0.25, 0.3) is 86.2 Å². The second kappa shape index (κ2) is 11.9. The second-order valence-electron chi connectivity index (χ2n) is 13.6. The van der Waals surface area contributed by atoms with Crippen molar-refractivity contribution in [2.45, 2.75) is 0 Å². The van der Waals surface area contributed by atoms with Gasteiger partial charge in [0, 0.05) is 53.6 Å². The molecule has 0 aliphatic rings. The van der Waals surface area contributed by atoms with Gasteiger partial charge in [0.15, 0.2) is 5.58 Å². The highest BCUT2D eigenvalue weighted by Gasteiger charge is 2.19. The van der Waals surface area contributed by atoms with Crippen LogP contribution in [-0.4, -0.2) is 4.98 Å². The highest BCUT2D eigenvalue weighted by atomic mass is 32.1. The van der Waals surface area contributed by atoms with Crippen LogP contribution in [0, 0.1) is 0 Å². The van der Waals surface area contributed by atoms with Gasteiger partial charge in [-0.05, 0) is 93.3 Å². The molecule has 0 radical (unpaired) electrons. The molecule has 2 aromatic heterocycles. The normalized spacial score (nSPS) is 11.8. The Balaban J connectivity index is 1.13. The first-order valence-electron chi connectivity index (χ1n) is 17.9. The van der Waals surface area contributed by atoms with E-state index in [9.17, 15) is 0 Å². The molecular weight excluding hydrogens is 665 g/mol. The van der Waals surface area contributed by atoms with E-state index in [1.165, 1.54) is 47.5 Å². The zero-order chi connectivity index (χ0) is 34.9. The maximum Gasteiger partial charge on any atom is 0.227 e. The van der Waals surface area contributed by atoms with Gasteiger partial charge < -0.3 is 9.32 Å². The van der Waals surface area contributed by atoms with Gasteiger partial charge in [-0.3, -0.25) is 0 Å². The molecule has 53 heavy (non-hydrogen) atoms. The zero-order valence-corrected chi connectivity index (χ0v) is 29.3. The maximum atomic E-state index is 6.59. The van der Waals surface area contributed by atoms with Crippen LogP contribution in [0.4, 0.5) is 17.1 Å². The Hall–Kier alpha value is -6.75. The number of nitrogens with zero attached hydrogens (tertiary/aromatic N) is 2. The SMILES string of the molecule is c1ccc(-c2cccc(N(c3ccc4c(ccc5ccc6ccc7nc(-c8ccccc8)oc7c6c54)c3)c3ccc4c(c3)sc3ccccc34)c2)cc1. The molecule has 0 bridgehead atoms. The summed E-state index contributed by atoms with van der Waals surface area (Å²) in [6.45, 7) is 0. The van der Waals surface area contributed by atoms with Crippen LogP contribution >= 0.6 is 11.3 Å². The Morgan fingerprint density at radius 3 is 1.87 bits per heavy atom. The highest BCUT2D eigenvalue weighted by molar-refractivity contribution is 7.25. The summed E-state index contributed by atoms with van der Waals surface area (Å²) in [4.78, 5) is 7.31. The van der Waals surface area contributed by atoms with E-state index in [1.54, 1.807) is 0 Å². The average Bonchev–Trinajstić information content (AvgIpc) is 3.83. The zero-order valence-electron chi connectivity index (χ0n) is 28.5. The van der Waals surface area contributed by atoms with Gasteiger partial charge in [-0.25, -0.2) is 4.98 Å². The van der Waals surface area contributed by atoms with Gasteiger partial charge in [0.05, 0.1) is 0 Å². The number of aromatic nitrogens is 1. The minimum atomic E-state index is 0.636. The lowest BCUT2D eigenvalue weighted by Gasteiger charge is -2.26. The molecule has 0 aliphatic carbocycles. The number of fused-ring (bicyclic) bond motifs is 10. The first-order chi connectivity index (χ1) is 26.2. The molecule has 248 valence electrons. The summed E-state index contributed by atoms with van der Waals surface area (Å²) >= 11 is 1.85. The lowest BCUT2D eigenvalue weighted by Crippen LogP contribution is -2.10. The van der Waals surface area contributed by atoms with Gasteiger partial charge in [-0.1, -0.05) is 121 Å². The molecule has 0 saturated heterocycles. The van der Waals surface area contributed by atoms with E-state index in [2.05, 4.69) is 157 Å². The highest BCUT2D eigenvalue weighted by Crippen LogP contribution is 2.44. The molecule has 0 N–H and O–H groups in total. The molecule has 0 fully saturated rings. The van der Waals surface area contributed by atoms with Gasteiger partial charge in [0.1, 0.15) is 5.52 Å². The van der Waals surface area contributed by atoms with Crippen molar-refractivity contribution in [3.63, 3.8) is 0 Å². The van der Waals surface area contributed by atoms with Crippen LogP contribution in [0.15, 0.2) is 186 Å². The molecule has 0 unspecified atom stereocenters. The van der Waals surface area contributed by atoms with Crippen LogP contribution in [0.2, 0.25) is 0 Å². The van der Waals surface area contributed by atoms with Crippen LogP contribution < -0.4 is 4.90 Å². The predicted molar refractivity (Wildman–Crippen MR) is 225 cm³/mol. The molecule has 2 heterocycles. The molecule has 3 nitrogen and oxygen atoms in total. The molecule has 4 heteroatoms. The van der Waals surface area contributed by atoms with Gasteiger partial charge in [0.2, 0.25) is 5.89 Å². The van der Waals surface area contributed by atoms with Crippen molar-refractivity contribution >= 4 is 92.0 Å². The topological polar surface area (TPSA) is 29.3 Å². The smallest absolute Gasteiger partial charge is 0.227 e. The Morgan fingerprint density at radius 2 is 1.04 bits per heavy atom. The summed E-state index contributed by atoms with van der Waals surface area (Å²) in [7, 11) is 0. The second-order valence-corrected chi connectivity index (χ2v) is 14.6. The first kappa shape index (κ1) is 29.9. The van der Waals surface area contributed by atoms with Crippen molar-refractivity contribution in [1.29, 1.82) is 0 Å². The van der Waals surface area contributed by atoms with Crippen molar-refractivity contribution < 1.29 is 4.42 Å². The number of hydrogen-bond acceptors (Lipinski definition) is 4. The summed E-state index contributed by atoms with van der Waals surface area (Å²) in [5, 5.41) is 9.51. The van der Waals surface area contributed by atoms with E-state index in [1.807, 2.05) is 41.7 Å². The summed E-state index contributed by atoms with van der Waals surface area (Å²) in [6.07, 6.45) is 0. The van der Waals surface area contributed by atoms with Crippen LogP contribution in [0.1, 0.15) is 0 Å². The van der Waals surface area contributed by atoms with Crippen molar-refractivity contribution in [2.75, 3.05) is 4.90 Å². The minimum Gasteiger partial charge on any atom is -0.435 e. The van der Waals surface area contributed by atoms with Crippen molar-refractivity contribution in [3.05, 3.63) is 182 Å². The summed E-state index contributed by atoms with van der Waals surface area (Å²) < 4.78 is 9.17. The summed E-state index contributed by atoms with van der Waals surface area (Å²) in [6, 6.07) is 65.2. The van der Waals surface area contributed by atoms with Gasteiger partial charge in [-0.2, -0.15) is 0 Å². The Morgan fingerprint density at radius 1 is 0.415 bits per heavy atom. The third kappa shape index (κ3) is 4.91. The molecule has 9 aromatic carbocycles. The minimum absolute atomic E-state index is 0.636. The van der Waals surface area contributed by atoms with Crippen molar-refractivity contribution in [3.8, 4) is 22.6 Å². The molecule has 11 rings (SSSR count). The average molecular weight is 695 g/mol. The fourth-order valence-electron chi connectivity index (χ4n) is 7.93. The molecule has 0 aliphatic heterocycles. The molecule has 0 saturated carbocycles. The molecule has 0 spiro atoms. The molecular formula is C49H30N2OS. The third-order valence-electron chi connectivity index (χ3n) is 10.4. The van der Waals surface area contributed by atoms with E-state index in [-0.39, 0.29) is 0 Å². The van der Waals surface area contributed by atoms with Crippen LogP contribution in [0.3, 0.4) is 0 Å². The fourth-order valence-corrected chi connectivity index (χ4v) is 9.07. The van der Waals surface area contributed by atoms with Crippen LogP contribution in [0.5, 0.6) is 0 Å². The number of thiophene rings is 1. The number of rotatable bonds is 5. The Bertz CT molecular complexity index is 3180. The lowest BCUT2D eigenvalue weighted by molar-refractivity contribution is 0.623. The monoisotopic (exact) mass is 694 g/mol. The number of anilines is 3. The first-order valence-corrected chi connectivity index (χ1v) is 18.7. The fraction of sp³-hybridized carbons (Fsp3) is 0. The van der Waals surface area contributed by atoms with Crippen molar-refractivity contribution in [1.82, 2.24) is 4.98 Å². The largest absolute Gasteiger partial charge is 0.435 e. The van der Waals surface area contributed by atoms with E-state index in [0.717, 1.165) is 49.9 Å². The van der Waals surface area contributed by atoms with E-state index < -0.39 is 0 Å². The number of hydrogen-bond donors (Lipinski definition) is 0. The molecule has 11 aromatic rings. The summed E-state index contributed by atoms with van der Waals surface area (Å²) in [5.41, 5.74) is 8.35. The van der Waals surface area contributed by atoms with E-state index in [0.29, 0.717) is 5.89 Å². The molecule has 0 atom stereocenters. The lowest BCUT2D eigenvalue weighted by atomic mass is 9.95. The van der Waals surface area contributed by atoms with Crippen LogP contribution in [-0.2, 0) is 0 Å². The molecule has 0 amide bonds. The van der Waals surface area contributed by atoms with Crippen molar-refractivity contribution in [2.24, 2.45) is 0 Å². The maximum absolute atomic E-state index is 6.59. The van der Waals surface area contributed by atoms with Gasteiger partial charge >= 0.3 is 0 Å². The predicted octanol–water partition coefficient (Wildman–Crippen LogP) is 14.5. The van der Waals surface area contributed by atoms with E-state index >= 15 is 0 Å². The Kier molecular flexibility index (Phi) is 6.73. The Labute approximate surface area is 309 Å². The standard InChI is InChI=1S/C49H30N2OS/c1-3-10-31(11-4-1)35-14-9-15-37(28-35)51(39-24-26-42-41-16-7-8-17-44(41)53-45(42)30-39)38-23-25-40-36(29-38)21-20-32-18-19-33-22-27-43-48(47(33)46(32)40)52-49(50-43)34-12-5-2-6-13-34/h1-30H. The number of oxazole rings is 1. The van der Waals surface area contributed by atoms with E-state index in [4.69, 9.17) is 9.40 Å². The summed E-state index contributed by atoms with van der Waals surface area (Å²) in [5.74, 6) is 0.636. The number of benzene rings is 9. The van der Waals surface area contributed by atoms with Gasteiger partial charge in [-0.15, -0.1) is 11.3 Å².